The van der Waals surface area contributed by atoms with Crippen molar-refractivity contribution in [2.75, 3.05) is 29.9 Å². The molecule has 1 N–H and O–H groups in total. The van der Waals surface area contributed by atoms with Crippen LogP contribution in [0.3, 0.4) is 0 Å². The largest absolute Gasteiger partial charge is 0.459 e. The molecule has 0 aliphatic carbocycles. The lowest BCUT2D eigenvalue weighted by atomic mass is 10.0. The third kappa shape index (κ3) is 5.90. The Hall–Kier alpha value is -3.38. The Labute approximate surface area is 195 Å². The van der Waals surface area contributed by atoms with Gasteiger partial charge in [0, 0.05) is 43.5 Å². The molecule has 1 fully saturated rings. The molecular weight excluding hydrogens is 414 g/mol. The highest BCUT2D eigenvalue weighted by atomic mass is 16.3. The number of piperidine rings is 1. The molecule has 3 aromatic rings. The predicted molar refractivity (Wildman–Crippen MR) is 130 cm³/mol. The Morgan fingerprint density at radius 1 is 1.03 bits per heavy atom. The first-order chi connectivity index (χ1) is 16.1. The van der Waals surface area contributed by atoms with Crippen molar-refractivity contribution in [2.45, 2.75) is 38.6 Å². The molecule has 4 rings (SSSR count). The van der Waals surface area contributed by atoms with Crippen LogP contribution in [0.1, 0.15) is 42.3 Å². The fourth-order valence-corrected chi connectivity index (χ4v) is 4.33. The number of anilines is 2. The summed E-state index contributed by atoms with van der Waals surface area (Å²) in [7, 11) is 0. The number of rotatable bonds is 8. The number of carbonyl (C=O) groups excluding carboxylic acids is 2. The molecule has 1 aromatic heterocycles. The maximum Gasteiger partial charge on any atom is 0.294 e. The molecule has 0 bridgehead atoms. The first kappa shape index (κ1) is 22.8. The average Bonchev–Trinajstić information content (AvgIpc) is 3.40. The zero-order valence-electron chi connectivity index (χ0n) is 19.1. The molecule has 0 atom stereocenters. The van der Waals surface area contributed by atoms with Gasteiger partial charge in [0.2, 0.25) is 5.91 Å². The lowest BCUT2D eigenvalue weighted by molar-refractivity contribution is -0.115. The quantitative estimate of drug-likeness (QED) is 0.531. The molecule has 172 valence electrons. The number of benzene rings is 2. The van der Waals surface area contributed by atoms with Gasteiger partial charge in [-0.25, -0.2) is 0 Å². The standard InChI is InChI=1S/C27H31N3O3/c1-2-26(31)28-22-10-6-11-24(20-22)30(27(32)25-12-7-19-33-25)23-14-17-29(18-15-23)16-13-21-8-4-3-5-9-21/h3-12,19-20,23H,2,13-18H2,1H3,(H,28,31). The Balaban J connectivity index is 1.47. The van der Waals surface area contributed by atoms with Crippen molar-refractivity contribution in [3.8, 4) is 0 Å². The molecule has 1 saturated heterocycles. The molecule has 33 heavy (non-hydrogen) atoms. The number of nitrogens with one attached hydrogen (secondary N) is 1. The molecule has 2 aromatic carbocycles. The van der Waals surface area contributed by atoms with E-state index in [-0.39, 0.29) is 17.9 Å². The van der Waals surface area contributed by atoms with Crippen molar-refractivity contribution in [3.63, 3.8) is 0 Å². The summed E-state index contributed by atoms with van der Waals surface area (Å²) in [5.41, 5.74) is 2.81. The van der Waals surface area contributed by atoms with Crippen molar-refractivity contribution < 1.29 is 14.0 Å². The minimum atomic E-state index is -0.151. The number of likely N-dealkylation sites (tertiary alicyclic amines) is 1. The van der Waals surface area contributed by atoms with Gasteiger partial charge < -0.3 is 19.5 Å². The Kier molecular flexibility index (Phi) is 7.58. The lowest BCUT2D eigenvalue weighted by Crippen LogP contribution is -2.48. The minimum absolute atomic E-state index is 0.0530. The van der Waals surface area contributed by atoms with Gasteiger partial charge in [-0.2, -0.15) is 0 Å². The topological polar surface area (TPSA) is 65.8 Å². The molecule has 0 spiro atoms. The van der Waals surface area contributed by atoms with Crippen LogP contribution in [-0.2, 0) is 11.2 Å². The summed E-state index contributed by atoms with van der Waals surface area (Å²) < 4.78 is 5.44. The number of carbonyl (C=O) groups is 2. The van der Waals surface area contributed by atoms with Crippen LogP contribution in [0.25, 0.3) is 0 Å². The van der Waals surface area contributed by atoms with Crippen LogP contribution in [-0.4, -0.2) is 42.4 Å². The highest BCUT2D eigenvalue weighted by Gasteiger charge is 2.31. The first-order valence-electron chi connectivity index (χ1n) is 11.7. The zero-order chi connectivity index (χ0) is 23.0. The van der Waals surface area contributed by atoms with E-state index in [4.69, 9.17) is 4.42 Å². The zero-order valence-corrected chi connectivity index (χ0v) is 19.1. The monoisotopic (exact) mass is 445 g/mol. The van der Waals surface area contributed by atoms with Gasteiger partial charge in [-0.15, -0.1) is 0 Å². The van der Waals surface area contributed by atoms with Gasteiger partial charge in [0.1, 0.15) is 0 Å². The molecular formula is C27H31N3O3. The Morgan fingerprint density at radius 2 is 1.82 bits per heavy atom. The predicted octanol–water partition coefficient (Wildman–Crippen LogP) is 4.98. The SMILES string of the molecule is CCC(=O)Nc1cccc(N(C(=O)c2ccco2)C2CCN(CCc3ccccc3)CC2)c1. The summed E-state index contributed by atoms with van der Waals surface area (Å²) >= 11 is 0. The van der Waals surface area contributed by atoms with Crippen LogP contribution >= 0.6 is 0 Å². The van der Waals surface area contributed by atoms with E-state index in [1.807, 2.05) is 42.2 Å². The van der Waals surface area contributed by atoms with Crippen molar-refractivity contribution in [2.24, 2.45) is 0 Å². The number of nitrogens with zero attached hydrogens (tertiary/aromatic N) is 2. The number of hydrogen-bond acceptors (Lipinski definition) is 4. The first-order valence-corrected chi connectivity index (χ1v) is 11.7. The third-order valence-corrected chi connectivity index (χ3v) is 6.16. The van der Waals surface area contributed by atoms with Crippen LogP contribution in [0, 0.1) is 0 Å². The summed E-state index contributed by atoms with van der Waals surface area (Å²) in [5, 5.41) is 2.89. The smallest absolute Gasteiger partial charge is 0.294 e. The average molecular weight is 446 g/mol. The number of amides is 2. The van der Waals surface area contributed by atoms with E-state index in [1.165, 1.54) is 11.8 Å². The van der Waals surface area contributed by atoms with E-state index in [2.05, 4.69) is 34.5 Å². The van der Waals surface area contributed by atoms with Gasteiger partial charge in [-0.3, -0.25) is 9.59 Å². The highest BCUT2D eigenvalue weighted by molar-refractivity contribution is 6.05. The van der Waals surface area contributed by atoms with Crippen LogP contribution in [0.15, 0.2) is 77.4 Å². The summed E-state index contributed by atoms with van der Waals surface area (Å²) in [6, 6.07) is 21.5. The van der Waals surface area contributed by atoms with E-state index in [9.17, 15) is 9.59 Å². The summed E-state index contributed by atoms with van der Waals surface area (Å²) in [6.07, 6.45) is 4.72. The molecule has 6 nitrogen and oxygen atoms in total. The van der Waals surface area contributed by atoms with E-state index >= 15 is 0 Å². The second kappa shape index (κ2) is 11.0. The second-order valence-electron chi connectivity index (χ2n) is 8.41. The summed E-state index contributed by atoms with van der Waals surface area (Å²) in [4.78, 5) is 29.6. The highest BCUT2D eigenvalue weighted by Crippen LogP contribution is 2.28. The minimum Gasteiger partial charge on any atom is -0.459 e. The van der Waals surface area contributed by atoms with Crippen molar-refractivity contribution in [1.29, 1.82) is 0 Å². The normalized spacial score (nSPS) is 14.7. The molecule has 1 aliphatic rings. The van der Waals surface area contributed by atoms with Crippen molar-refractivity contribution in [3.05, 3.63) is 84.3 Å². The summed E-state index contributed by atoms with van der Waals surface area (Å²) in [6.45, 7) is 4.70. The fourth-order valence-electron chi connectivity index (χ4n) is 4.33. The van der Waals surface area contributed by atoms with Gasteiger partial charge in [0.25, 0.3) is 5.91 Å². The van der Waals surface area contributed by atoms with Crippen LogP contribution in [0.2, 0.25) is 0 Å². The van der Waals surface area contributed by atoms with Gasteiger partial charge in [-0.05, 0) is 55.2 Å². The van der Waals surface area contributed by atoms with Gasteiger partial charge in [0.05, 0.1) is 6.26 Å². The Morgan fingerprint density at radius 3 is 2.52 bits per heavy atom. The molecule has 2 heterocycles. The molecule has 1 aliphatic heterocycles. The molecule has 0 unspecified atom stereocenters. The molecule has 2 amide bonds. The van der Waals surface area contributed by atoms with Crippen LogP contribution in [0.5, 0.6) is 0 Å². The van der Waals surface area contributed by atoms with Gasteiger partial charge >= 0.3 is 0 Å². The maximum atomic E-state index is 13.4. The molecule has 0 saturated carbocycles. The molecule has 6 heteroatoms. The van der Waals surface area contributed by atoms with Gasteiger partial charge in [0.15, 0.2) is 5.76 Å². The number of hydrogen-bond donors (Lipinski definition) is 1. The van der Waals surface area contributed by atoms with Crippen LogP contribution < -0.4 is 10.2 Å². The van der Waals surface area contributed by atoms with E-state index in [0.717, 1.165) is 44.6 Å². The fraction of sp³-hybridized carbons (Fsp3) is 0.333. The van der Waals surface area contributed by atoms with Crippen molar-refractivity contribution in [1.82, 2.24) is 4.90 Å². The van der Waals surface area contributed by atoms with E-state index in [1.54, 1.807) is 12.1 Å². The molecule has 0 radical (unpaired) electrons. The number of furan rings is 1. The van der Waals surface area contributed by atoms with Crippen molar-refractivity contribution >= 4 is 23.2 Å². The van der Waals surface area contributed by atoms with Gasteiger partial charge in [-0.1, -0.05) is 43.3 Å². The van der Waals surface area contributed by atoms with E-state index in [0.29, 0.717) is 17.9 Å². The third-order valence-electron chi connectivity index (χ3n) is 6.16. The maximum absolute atomic E-state index is 13.4. The second-order valence-corrected chi connectivity index (χ2v) is 8.41. The van der Waals surface area contributed by atoms with E-state index < -0.39 is 0 Å². The summed E-state index contributed by atoms with van der Waals surface area (Å²) in [5.74, 6) is 0.119. The Bertz CT molecular complexity index is 1040. The lowest BCUT2D eigenvalue weighted by Gasteiger charge is -2.38. The van der Waals surface area contributed by atoms with Crippen LogP contribution in [0.4, 0.5) is 11.4 Å².